The van der Waals surface area contributed by atoms with Crippen LogP contribution in [0.1, 0.15) is 11.1 Å². The molecule has 2 aromatic rings. The van der Waals surface area contributed by atoms with Crippen molar-refractivity contribution in [2.75, 3.05) is 25.6 Å². The molecule has 2 rings (SSSR count). The van der Waals surface area contributed by atoms with E-state index in [2.05, 4.69) is 15.3 Å². The van der Waals surface area contributed by atoms with Crippen molar-refractivity contribution in [2.24, 2.45) is 0 Å². The van der Waals surface area contributed by atoms with Crippen LogP contribution in [-0.2, 0) is 4.74 Å². The predicted molar refractivity (Wildman–Crippen MR) is 85.0 cm³/mol. The number of nitrogens with zero attached hydrogens (tertiary/aromatic N) is 3. The summed E-state index contributed by atoms with van der Waals surface area (Å²) in [6.45, 7) is 4.63. The Bertz CT molecular complexity index is 686. The zero-order chi connectivity index (χ0) is 16.8. The van der Waals surface area contributed by atoms with E-state index in [-0.39, 0.29) is 17.4 Å². The lowest BCUT2D eigenvalue weighted by atomic mass is 10.1. The van der Waals surface area contributed by atoms with E-state index < -0.39 is 4.92 Å². The van der Waals surface area contributed by atoms with Crippen LogP contribution in [0.5, 0.6) is 11.6 Å². The van der Waals surface area contributed by atoms with Crippen LogP contribution in [0.15, 0.2) is 24.5 Å². The Labute approximate surface area is 133 Å². The molecule has 122 valence electrons. The van der Waals surface area contributed by atoms with Crippen LogP contribution >= 0.6 is 0 Å². The van der Waals surface area contributed by atoms with Crippen LogP contribution in [0.4, 0.5) is 11.5 Å². The van der Waals surface area contributed by atoms with Crippen LogP contribution in [-0.4, -0.2) is 35.2 Å². The maximum absolute atomic E-state index is 11.4. The minimum absolute atomic E-state index is 0.0985. The maximum atomic E-state index is 11.4. The second-order valence-corrected chi connectivity index (χ2v) is 4.98. The van der Waals surface area contributed by atoms with E-state index >= 15 is 0 Å². The number of benzene rings is 1. The van der Waals surface area contributed by atoms with Crippen molar-refractivity contribution in [3.63, 3.8) is 0 Å². The quantitative estimate of drug-likeness (QED) is 0.476. The van der Waals surface area contributed by atoms with E-state index in [0.717, 1.165) is 11.1 Å². The van der Waals surface area contributed by atoms with Gasteiger partial charge in [0.05, 0.1) is 11.5 Å². The molecule has 0 radical (unpaired) electrons. The number of rotatable bonds is 7. The average Bonchev–Trinajstić information content (AvgIpc) is 2.46. The average molecular weight is 318 g/mol. The second-order valence-electron chi connectivity index (χ2n) is 4.98. The highest BCUT2D eigenvalue weighted by molar-refractivity contribution is 5.61. The summed E-state index contributed by atoms with van der Waals surface area (Å²) in [5.74, 6) is 0.489. The molecule has 0 aliphatic rings. The predicted octanol–water partition coefficient (Wildman–Crippen LogP) is 2.85. The van der Waals surface area contributed by atoms with Crippen molar-refractivity contribution in [3.8, 4) is 11.6 Å². The van der Waals surface area contributed by atoms with Gasteiger partial charge in [0, 0.05) is 13.7 Å². The minimum Gasteiger partial charge on any atom is -0.434 e. The van der Waals surface area contributed by atoms with E-state index in [0.29, 0.717) is 18.9 Å². The molecule has 0 aliphatic carbocycles. The molecule has 0 bridgehead atoms. The molecule has 0 fully saturated rings. The topological polar surface area (TPSA) is 99.4 Å². The van der Waals surface area contributed by atoms with Crippen LogP contribution in [0.25, 0.3) is 0 Å². The first-order valence-electron chi connectivity index (χ1n) is 6.99. The van der Waals surface area contributed by atoms with E-state index in [1.165, 1.54) is 6.33 Å². The number of hydrogen-bond acceptors (Lipinski definition) is 7. The highest BCUT2D eigenvalue weighted by atomic mass is 16.6. The lowest BCUT2D eigenvalue weighted by Crippen LogP contribution is -2.11. The Morgan fingerprint density at radius 2 is 1.91 bits per heavy atom. The van der Waals surface area contributed by atoms with Crippen molar-refractivity contribution in [3.05, 3.63) is 45.8 Å². The number of nitro groups is 1. The summed E-state index contributed by atoms with van der Waals surface area (Å²) >= 11 is 0. The largest absolute Gasteiger partial charge is 0.434 e. The number of anilines is 1. The monoisotopic (exact) mass is 318 g/mol. The number of nitrogens with one attached hydrogen (secondary N) is 1. The molecule has 1 N–H and O–H groups in total. The number of aromatic nitrogens is 2. The van der Waals surface area contributed by atoms with Gasteiger partial charge in [0.2, 0.25) is 5.82 Å². The summed E-state index contributed by atoms with van der Waals surface area (Å²) in [6, 6.07) is 5.56. The molecule has 0 amide bonds. The zero-order valence-electron chi connectivity index (χ0n) is 13.2. The fourth-order valence-corrected chi connectivity index (χ4v) is 2.11. The first kappa shape index (κ1) is 16.6. The van der Waals surface area contributed by atoms with Gasteiger partial charge in [-0.2, -0.15) is 4.98 Å². The third-order valence-corrected chi connectivity index (χ3v) is 2.98. The number of hydrogen-bond donors (Lipinski definition) is 1. The fourth-order valence-electron chi connectivity index (χ4n) is 2.11. The van der Waals surface area contributed by atoms with E-state index in [1.54, 1.807) is 19.2 Å². The molecule has 0 saturated carbocycles. The van der Waals surface area contributed by atoms with Gasteiger partial charge in [-0.1, -0.05) is 6.07 Å². The molecular formula is C15H18N4O4. The Morgan fingerprint density at radius 3 is 2.52 bits per heavy atom. The van der Waals surface area contributed by atoms with Gasteiger partial charge >= 0.3 is 11.6 Å². The van der Waals surface area contributed by atoms with Gasteiger partial charge in [0.1, 0.15) is 12.1 Å². The van der Waals surface area contributed by atoms with Gasteiger partial charge in [0.25, 0.3) is 0 Å². The van der Waals surface area contributed by atoms with Crippen LogP contribution in [0.2, 0.25) is 0 Å². The second kappa shape index (κ2) is 7.50. The van der Waals surface area contributed by atoms with Gasteiger partial charge in [-0.3, -0.25) is 10.1 Å². The van der Waals surface area contributed by atoms with Crippen molar-refractivity contribution in [2.45, 2.75) is 13.8 Å². The molecular weight excluding hydrogens is 300 g/mol. The molecule has 8 heteroatoms. The summed E-state index contributed by atoms with van der Waals surface area (Å²) in [7, 11) is 1.55. The van der Waals surface area contributed by atoms with Crippen molar-refractivity contribution in [1.29, 1.82) is 0 Å². The minimum atomic E-state index is -0.562. The Kier molecular flexibility index (Phi) is 5.42. The molecule has 1 heterocycles. The normalized spacial score (nSPS) is 10.4. The Hall–Kier alpha value is -2.74. The van der Waals surface area contributed by atoms with Gasteiger partial charge < -0.3 is 14.8 Å². The molecule has 1 aromatic heterocycles. The lowest BCUT2D eigenvalue weighted by Gasteiger charge is -2.10. The lowest BCUT2D eigenvalue weighted by molar-refractivity contribution is -0.385. The third-order valence-electron chi connectivity index (χ3n) is 2.98. The Morgan fingerprint density at radius 1 is 1.22 bits per heavy atom. The summed E-state index contributed by atoms with van der Waals surface area (Å²) in [5, 5.41) is 14.2. The standard InChI is InChI=1S/C15H18N4O4/c1-10-6-11(2)8-12(7-10)23-15-13(19(20)21)14(17-9-18-15)16-4-5-22-3/h6-9H,4-5H2,1-3H3,(H,16,17,18). The smallest absolute Gasteiger partial charge is 0.373 e. The Balaban J connectivity index is 2.33. The molecule has 1 aromatic carbocycles. The first-order valence-corrected chi connectivity index (χ1v) is 6.99. The number of aryl methyl sites for hydroxylation is 2. The molecule has 0 atom stereocenters. The van der Waals surface area contributed by atoms with Crippen molar-refractivity contribution in [1.82, 2.24) is 9.97 Å². The summed E-state index contributed by atoms with van der Waals surface area (Å²) in [4.78, 5) is 18.6. The molecule has 0 saturated heterocycles. The van der Waals surface area contributed by atoms with Gasteiger partial charge in [-0.05, 0) is 37.1 Å². The molecule has 0 unspecified atom stereocenters. The summed E-state index contributed by atoms with van der Waals surface area (Å²) in [6.07, 6.45) is 1.22. The van der Waals surface area contributed by atoms with Crippen LogP contribution < -0.4 is 10.1 Å². The van der Waals surface area contributed by atoms with Gasteiger partial charge in [0.15, 0.2) is 0 Å². The first-order chi connectivity index (χ1) is 11.0. The van der Waals surface area contributed by atoms with E-state index in [1.807, 2.05) is 19.9 Å². The van der Waals surface area contributed by atoms with E-state index in [4.69, 9.17) is 9.47 Å². The van der Waals surface area contributed by atoms with E-state index in [9.17, 15) is 10.1 Å². The summed E-state index contributed by atoms with van der Waals surface area (Å²) < 4.78 is 10.5. The number of methoxy groups -OCH3 is 1. The maximum Gasteiger partial charge on any atom is 0.373 e. The van der Waals surface area contributed by atoms with Crippen LogP contribution in [0, 0.1) is 24.0 Å². The molecule has 0 spiro atoms. The van der Waals surface area contributed by atoms with Crippen LogP contribution in [0.3, 0.4) is 0 Å². The molecule has 23 heavy (non-hydrogen) atoms. The SMILES string of the molecule is COCCNc1ncnc(Oc2cc(C)cc(C)c2)c1[N+](=O)[O-]. The highest BCUT2D eigenvalue weighted by Gasteiger charge is 2.24. The summed E-state index contributed by atoms with van der Waals surface area (Å²) in [5.41, 5.74) is 1.69. The fraction of sp³-hybridized carbons (Fsp3) is 0.333. The van der Waals surface area contributed by atoms with Gasteiger partial charge in [-0.25, -0.2) is 4.98 Å². The molecule has 8 nitrogen and oxygen atoms in total. The van der Waals surface area contributed by atoms with Crippen molar-refractivity contribution >= 4 is 11.5 Å². The molecule has 0 aliphatic heterocycles. The third kappa shape index (κ3) is 4.36. The zero-order valence-corrected chi connectivity index (χ0v) is 13.2. The number of ether oxygens (including phenoxy) is 2. The highest BCUT2D eigenvalue weighted by Crippen LogP contribution is 2.34. The van der Waals surface area contributed by atoms with Gasteiger partial charge in [-0.15, -0.1) is 0 Å². The van der Waals surface area contributed by atoms with Crippen molar-refractivity contribution < 1.29 is 14.4 Å².